The molecule has 0 aliphatic carbocycles. The largest absolute Gasteiger partial charge is 0.507 e. The highest BCUT2D eigenvalue weighted by atomic mass is 19.4. The molecule has 2 rings (SSSR count). The molecule has 0 aromatic heterocycles. The summed E-state index contributed by atoms with van der Waals surface area (Å²) in [5.74, 6) is -2.78. The zero-order valence-electron chi connectivity index (χ0n) is 9.61. The van der Waals surface area contributed by atoms with Gasteiger partial charge in [-0.3, -0.25) is 4.79 Å². The molecule has 0 fully saturated rings. The van der Waals surface area contributed by atoms with Crippen molar-refractivity contribution < 1.29 is 23.1 Å². The number of rotatable bonds is 2. The average molecular weight is 266 g/mol. The van der Waals surface area contributed by atoms with Crippen LogP contribution in [0.1, 0.15) is 5.56 Å². The number of carbonyl (C=O) groups is 1. The molecule has 0 aliphatic rings. The molecule has 0 saturated heterocycles. The van der Waals surface area contributed by atoms with Gasteiger partial charge < -0.3 is 5.11 Å². The number of carbonyl (C=O) groups excluding carboxylic acids is 1. The van der Waals surface area contributed by atoms with Gasteiger partial charge in [0.2, 0.25) is 0 Å². The van der Waals surface area contributed by atoms with Crippen LogP contribution in [-0.2, 0) is 4.79 Å². The standard InChI is InChI=1S/C14H9F3O2/c15-14(16,17)13(19)8-12(18)11-7-3-5-9-4-1-2-6-10(9)11/h1-8,18H. The molecule has 2 aromatic carbocycles. The van der Waals surface area contributed by atoms with Crippen molar-refractivity contribution in [2.45, 2.75) is 6.18 Å². The summed E-state index contributed by atoms with van der Waals surface area (Å²) in [7, 11) is 0. The molecule has 0 saturated carbocycles. The molecule has 0 unspecified atom stereocenters. The predicted molar refractivity (Wildman–Crippen MR) is 65.6 cm³/mol. The van der Waals surface area contributed by atoms with Crippen LogP contribution in [0.3, 0.4) is 0 Å². The van der Waals surface area contributed by atoms with E-state index in [1.807, 2.05) is 0 Å². The lowest BCUT2D eigenvalue weighted by molar-refractivity contribution is -0.165. The molecule has 0 atom stereocenters. The van der Waals surface area contributed by atoms with Crippen LogP contribution in [0.5, 0.6) is 0 Å². The first-order chi connectivity index (χ1) is 8.89. The first-order valence-corrected chi connectivity index (χ1v) is 5.39. The Morgan fingerprint density at radius 1 is 1.05 bits per heavy atom. The number of aliphatic hydroxyl groups is 1. The number of halogens is 3. The van der Waals surface area contributed by atoms with Crippen molar-refractivity contribution in [1.82, 2.24) is 0 Å². The minimum atomic E-state index is -4.99. The van der Waals surface area contributed by atoms with Gasteiger partial charge >= 0.3 is 6.18 Å². The Labute approximate surface area is 106 Å². The maximum atomic E-state index is 12.1. The molecule has 5 heteroatoms. The molecule has 0 amide bonds. The highest BCUT2D eigenvalue weighted by Crippen LogP contribution is 2.25. The molecule has 2 aromatic rings. The highest BCUT2D eigenvalue weighted by molar-refractivity contribution is 6.02. The van der Waals surface area contributed by atoms with Gasteiger partial charge in [-0.25, -0.2) is 0 Å². The Balaban J connectivity index is 2.51. The highest BCUT2D eigenvalue weighted by Gasteiger charge is 2.37. The zero-order chi connectivity index (χ0) is 14.0. The van der Waals surface area contributed by atoms with Crippen LogP contribution in [0.25, 0.3) is 16.5 Å². The molecule has 0 heterocycles. The van der Waals surface area contributed by atoms with Crippen LogP contribution >= 0.6 is 0 Å². The normalized spacial score (nSPS) is 12.7. The van der Waals surface area contributed by atoms with Crippen molar-refractivity contribution in [1.29, 1.82) is 0 Å². The number of alkyl halides is 3. The third kappa shape index (κ3) is 2.76. The number of aliphatic hydroxyl groups excluding tert-OH is 1. The summed E-state index contributed by atoms with van der Waals surface area (Å²) in [5, 5.41) is 11.0. The van der Waals surface area contributed by atoms with Crippen molar-refractivity contribution in [3.63, 3.8) is 0 Å². The van der Waals surface area contributed by atoms with Crippen LogP contribution in [-0.4, -0.2) is 17.1 Å². The molecule has 1 N–H and O–H groups in total. The Hall–Kier alpha value is -2.30. The minimum absolute atomic E-state index is 0.190. The van der Waals surface area contributed by atoms with E-state index in [-0.39, 0.29) is 11.6 Å². The number of hydrogen-bond acceptors (Lipinski definition) is 2. The lowest BCUT2D eigenvalue weighted by Crippen LogP contribution is -2.20. The van der Waals surface area contributed by atoms with E-state index in [1.54, 1.807) is 36.4 Å². The molecule has 19 heavy (non-hydrogen) atoms. The van der Waals surface area contributed by atoms with Gasteiger partial charge in [0.1, 0.15) is 5.76 Å². The lowest BCUT2D eigenvalue weighted by atomic mass is 10.0. The van der Waals surface area contributed by atoms with Crippen LogP contribution in [0.2, 0.25) is 0 Å². The molecular weight excluding hydrogens is 257 g/mol. The second-order valence-electron chi connectivity index (χ2n) is 3.92. The fourth-order valence-electron chi connectivity index (χ4n) is 1.73. The second-order valence-corrected chi connectivity index (χ2v) is 3.92. The monoisotopic (exact) mass is 266 g/mol. The third-order valence-electron chi connectivity index (χ3n) is 2.61. The summed E-state index contributed by atoms with van der Waals surface area (Å²) >= 11 is 0. The van der Waals surface area contributed by atoms with Crippen molar-refractivity contribution in [3.05, 3.63) is 54.1 Å². The van der Waals surface area contributed by atoms with Gasteiger partial charge in [-0.15, -0.1) is 0 Å². The van der Waals surface area contributed by atoms with E-state index in [0.717, 1.165) is 5.39 Å². The summed E-state index contributed by atoms with van der Waals surface area (Å²) < 4.78 is 36.4. The maximum Gasteiger partial charge on any atom is 0.454 e. The second kappa shape index (κ2) is 4.76. The Morgan fingerprint density at radius 3 is 2.37 bits per heavy atom. The van der Waals surface area contributed by atoms with Crippen molar-refractivity contribution >= 4 is 22.3 Å². The Morgan fingerprint density at radius 2 is 1.68 bits per heavy atom. The Kier molecular flexibility index (Phi) is 3.29. The van der Waals surface area contributed by atoms with Gasteiger partial charge in [-0.2, -0.15) is 13.2 Å². The van der Waals surface area contributed by atoms with Crippen LogP contribution < -0.4 is 0 Å². The van der Waals surface area contributed by atoms with Gasteiger partial charge in [0.25, 0.3) is 5.78 Å². The topological polar surface area (TPSA) is 37.3 Å². The number of ketones is 1. The molecule has 0 radical (unpaired) electrons. The van der Waals surface area contributed by atoms with Gasteiger partial charge in [-0.05, 0) is 10.8 Å². The molecule has 0 aliphatic heterocycles. The van der Waals surface area contributed by atoms with Crippen LogP contribution in [0, 0.1) is 0 Å². The third-order valence-corrected chi connectivity index (χ3v) is 2.61. The smallest absolute Gasteiger partial charge is 0.454 e. The summed E-state index contributed by atoms with van der Waals surface area (Å²) in [6, 6.07) is 11.7. The van der Waals surface area contributed by atoms with E-state index in [0.29, 0.717) is 5.39 Å². The van der Waals surface area contributed by atoms with E-state index in [9.17, 15) is 23.1 Å². The first-order valence-electron chi connectivity index (χ1n) is 5.39. The minimum Gasteiger partial charge on any atom is -0.507 e. The van der Waals surface area contributed by atoms with Gasteiger partial charge in [0, 0.05) is 11.6 Å². The quantitative estimate of drug-likeness (QED) is 0.661. The van der Waals surface area contributed by atoms with Crippen LogP contribution in [0.15, 0.2) is 48.5 Å². The fraction of sp³-hybridized carbons (Fsp3) is 0.0714. The van der Waals surface area contributed by atoms with Crippen molar-refractivity contribution in [2.24, 2.45) is 0 Å². The molecule has 0 bridgehead atoms. The van der Waals surface area contributed by atoms with Gasteiger partial charge in [0.05, 0.1) is 0 Å². The van der Waals surface area contributed by atoms with Crippen LogP contribution in [0.4, 0.5) is 13.2 Å². The average Bonchev–Trinajstić information content (AvgIpc) is 2.36. The van der Waals surface area contributed by atoms with Crippen molar-refractivity contribution in [2.75, 3.05) is 0 Å². The van der Waals surface area contributed by atoms with Gasteiger partial charge in [-0.1, -0.05) is 42.5 Å². The summed E-state index contributed by atoms with van der Waals surface area (Å²) in [5.41, 5.74) is 0.190. The fourth-order valence-corrected chi connectivity index (χ4v) is 1.73. The van der Waals surface area contributed by atoms with E-state index in [2.05, 4.69) is 0 Å². The summed E-state index contributed by atoms with van der Waals surface area (Å²) in [4.78, 5) is 10.8. The predicted octanol–water partition coefficient (Wildman–Crippen LogP) is 3.87. The molecule has 0 spiro atoms. The lowest BCUT2D eigenvalue weighted by Gasteiger charge is -2.06. The number of fused-ring (bicyclic) bond motifs is 1. The molecule has 2 nitrogen and oxygen atoms in total. The number of benzene rings is 2. The van der Waals surface area contributed by atoms with E-state index in [1.165, 1.54) is 6.07 Å². The summed E-state index contributed by atoms with van der Waals surface area (Å²) in [6.07, 6.45) is -4.79. The van der Waals surface area contributed by atoms with E-state index < -0.39 is 17.7 Å². The summed E-state index contributed by atoms with van der Waals surface area (Å²) in [6.45, 7) is 0. The zero-order valence-corrected chi connectivity index (χ0v) is 9.61. The molecular formula is C14H9F3O2. The molecule has 98 valence electrons. The van der Waals surface area contributed by atoms with Crippen molar-refractivity contribution in [3.8, 4) is 0 Å². The SMILES string of the molecule is O=C(C=C(O)c1cccc2ccccc12)C(F)(F)F. The first kappa shape index (κ1) is 13.1. The van der Waals surface area contributed by atoms with E-state index in [4.69, 9.17) is 0 Å². The van der Waals surface area contributed by atoms with E-state index >= 15 is 0 Å². The number of hydrogen-bond donors (Lipinski definition) is 1. The maximum absolute atomic E-state index is 12.1. The van der Waals surface area contributed by atoms with Gasteiger partial charge in [0.15, 0.2) is 0 Å². The Bertz CT molecular complexity index is 652. The number of allylic oxidation sites excluding steroid dienone is 1.